The number of benzene rings is 3. The third-order valence-corrected chi connectivity index (χ3v) is 6.87. The van der Waals surface area contributed by atoms with Gasteiger partial charge < -0.3 is 0 Å². The lowest BCUT2D eigenvalue weighted by atomic mass is 10.1. The first-order chi connectivity index (χ1) is 16.0. The molecule has 0 saturated carbocycles. The Balaban J connectivity index is 1.54. The van der Waals surface area contributed by atoms with Crippen molar-refractivity contribution in [2.45, 2.75) is 26.9 Å². The summed E-state index contributed by atoms with van der Waals surface area (Å²) in [4.78, 5) is 37.3. The van der Waals surface area contributed by atoms with Gasteiger partial charge in [0.05, 0.1) is 34.0 Å². The van der Waals surface area contributed by atoms with Crippen molar-refractivity contribution < 1.29 is 4.79 Å². The molecule has 0 aliphatic heterocycles. The number of anilines is 1. The lowest BCUT2D eigenvalue weighted by Gasteiger charge is -2.20. The molecule has 0 aliphatic carbocycles. The van der Waals surface area contributed by atoms with E-state index in [2.05, 4.69) is 18.0 Å². The van der Waals surface area contributed by atoms with Gasteiger partial charge in [0, 0.05) is 0 Å². The van der Waals surface area contributed by atoms with Crippen LogP contribution in [0.5, 0.6) is 0 Å². The minimum Gasteiger partial charge on any atom is -0.289 e. The molecule has 5 aromatic rings. The van der Waals surface area contributed by atoms with Crippen molar-refractivity contribution in [3.8, 4) is 0 Å². The summed E-state index contributed by atoms with van der Waals surface area (Å²) in [6.07, 6.45) is 1.44. The van der Waals surface area contributed by atoms with E-state index >= 15 is 0 Å². The average molecular weight is 455 g/mol. The van der Waals surface area contributed by atoms with Gasteiger partial charge in [-0.2, -0.15) is 0 Å². The van der Waals surface area contributed by atoms with Gasteiger partial charge >= 0.3 is 0 Å². The molecule has 0 unspecified atom stereocenters. The second kappa shape index (κ2) is 8.60. The first-order valence-electron chi connectivity index (χ1n) is 10.7. The summed E-state index contributed by atoms with van der Waals surface area (Å²) in [5.74, 6) is -0.216. The molecule has 0 aliphatic rings. The van der Waals surface area contributed by atoms with Crippen molar-refractivity contribution in [2.24, 2.45) is 0 Å². The summed E-state index contributed by atoms with van der Waals surface area (Å²) >= 11 is 1.48. The second-order valence-electron chi connectivity index (χ2n) is 8.01. The van der Waals surface area contributed by atoms with E-state index in [1.165, 1.54) is 22.2 Å². The Bertz CT molecular complexity index is 1540. The average Bonchev–Trinajstić information content (AvgIpc) is 3.27. The predicted octanol–water partition coefficient (Wildman–Crippen LogP) is 4.86. The molecule has 33 heavy (non-hydrogen) atoms. The van der Waals surface area contributed by atoms with Crippen LogP contribution in [0, 0.1) is 13.8 Å². The monoisotopic (exact) mass is 454 g/mol. The number of carbonyl (C=O) groups excluding carboxylic acids is 1. The number of aryl methyl sites for hydroxylation is 2. The Hall–Kier alpha value is -3.84. The number of hydrogen-bond acceptors (Lipinski definition) is 5. The molecule has 2 heterocycles. The van der Waals surface area contributed by atoms with Crippen LogP contribution in [0.2, 0.25) is 0 Å². The van der Waals surface area contributed by atoms with E-state index in [4.69, 9.17) is 4.98 Å². The van der Waals surface area contributed by atoms with Crippen LogP contribution in [0.25, 0.3) is 21.1 Å². The summed E-state index contributed by atoms with van der Waals surface area (Å²) in [5.41, 5.74) is 4.55. The third kappa shape index (κ3) is 4.03. The fraction of sp³-hybridized carbons (Fsp3) is 0.154. The van der Waals surface area contributed by atoms with Crippen molar-refractivity contribution in [2.75, 3.05) is 4.90 Å². The zero-order chi connectivity index (χ0) is 22.9. The SMILES string of the molecule is Cc1ccc2sc(N(Cc3ccccc3)C(=O)Cn3cnc4ccccc4c3=O)nc2c1C. The maximum Gasteiger partial charge on any atom is 0.261 e. The molecule has 0 atom stereocenters. The smallest absolute Gasteiger partial charge is 0.261 e. The number of thiazole rings is 1. The quantitative estimate of drug-likeness (QED) is 0.380. The van der Waals surface area contributed by atoms with E-state index in [1.54, 1.807) is 23.1 Å². The normalized spacial score (nSPS) is 11.2. The topological polar surface area (TPSA) is 68.1 Å². The molecule has 6 nitrogen and oxygen atoms in total. The van der Waals surface area contributed by atoms with Gasteiger partial charge in [0.2, 0.25) is 5.91 Å². The molecule has 0 fully saturated rings. The van der Waals surface area contributed by atoms with Crippen molar-refractivity contribution in [3.05, 3.63) is 100 Å². The van der Waals surface area contributed by atoms with E-state index in [0.29, 0.717) is 22.6 Å². The summed E-state index contributed by atoms with van der Waals surface area (Å²) in [7, 11) is 0. The maximum absolute atomic E-state index is 13.5. The van der Waals surface area contributed by atoms with Gasteiger partial charge in [0.1, 0.15) is 6.54 Å². The number of para-hydroxylation sites is 1. The Morgan fingerprint density at radius 2 is 1.76 bits per heavy atom. The molecule has 0 bridgehead atoms. The summed E-state index contributed by atoms with van der Waals surface area (Å²) < 4.78 is 2.40. The lowest BCUT2D eigenvalue weighted by Crippen LogP contribution is -2.36. The van der Waals surface area contributed by atoms with Crippen LogP contribution in [0.15, 0.2) is 77.9 Å². The predicted molar refractivity (Wildman–Crippen MR) is 133 cm³/mol. The van der Waals surface area contributed by atoms with E-state index in [-0.39, 0.29) is 18.0 Å². The van der Waals surface area contributed by atoms with Crippen molar-refractivity contribution in [1.82, 2.24) is 14.5 Å². The highest BCUT2D eigenvalue weighted by Crippen LogP contribution is 2.32. The fourth-order valence-electron chi connectivity index (χ4n) is 3.81. The molecular weight excluding hydrogens is 432 g/mol. The summed E-state index contributed by atoms with van der Waals surface area (Å²) in [6.45, 7) is 4.36. The zero-order valence-electron chi connectivity index (χ0n) is 18.4. The van der Waals surface area contributed by atoms with Gasteiger partial charge in [0.15, 0.2) is 5.13 Å². The van der Waals surface area contributed by atoms with E-state index in [1.807, 2.05) is 49.4 Å². The van der Waals surface area contributed by atoms with Crippen LogP contribution in [-0.2, 0) is 17.9 Å². The van der Waals surface area contributed by atoms with Gasteiger partial charge in [-0.05, 0) is 48.7 Å². The van der Waals surface area contributed by atoms with Crippen LogP contribution in [0.3, 0.4) is 0 Å². The van der Waals surface area contributed by atoms with E-state index in [0.717, 1.165) is 26.9 Å². The highest BCUT2D eigenvalue weighted by atomic mass is 32.1. The number of hydrogen-bond donors (Lipinski definition) is 0. The molecule has 3 aromatic carbocycles. The molecule has 0 N–H and O–H groups in total. The minimum atomic E-state index is -0.232. The van der Waals surface area contributed by atoms with Gasteiger partial charge in [-0.15, -0.1) is 0 Å². The van der Waals surface area contributed by atoms with E-state index in [9.17, 15) is 9.59 Å². The molecule has 164 valence electrons. The van der Waals surface area contributed by atoms with Gasteiger partial charge in [-0.3, -0.25) is 19.1 Å². The number of carbonyl (C=O) groups is 1. The number of amides is 1. The van der Waals surface area contributed by atoms with Gasteiger partial charge in [-0.1, -0.05) is 59.9 Å². The maximum atomic E-state index is 13.5. The number of aromatic nitrogens is 3. The number of rotatable bonds is 5. The lowest BCUT2D eigenvalue weighted by molar-refractivity contribution is -0.119. The molecule has 1 amide bonds. The molecule has 0 saturated heterocycles. The van der Waals surface area contributed by atoms with Gasteiger partial charge in [0.25, 0.3) is 5.56 Å². The molecule has 0 spiro atoms. The Morgan fingerprint density at radius 3 is 2.58 bits per heavy atom. The van der Waals surface area contributed by atoms with Crippen molar-refractivity contribution >= 4 is 43.5 Å². The van der Waals surface area contributed by atoms with Gasteiger partial charge in [-0.25, -0.2) is 9.97 Å². The summed E-state index contributed by atoms with van der Waals surface area (Å²) in [5, 5.41) is 1.11. The molecule has 5 rings (SSSR count). The van der Waals surface area contributed by atoms with Crippen LogP contribution in [0.4, 0.5) is 5.13 Å². The largest absolute Gasteiger partial charge is 0.289 e. The van der Waals surface area contributed by atoms with Crippen LogP contribution in [-0.4, -0.2) is 20.4 Å². The Kier molecular flexibility index (Phi) is 5.48. The zero-order valence-corrected chi connectivity index (χ0v) is 19.2. The highest BCUT2D eigenvalue weighted by Gasteiger charge is 2.22. The van der Waals surface area contributed by atoms with Crippen LogP contribution in [0.1, 0.15) is 16.7 Å². The third-order valence-electron chi connectivity index (χ3n) is 5.83. The van der Waals surface area contributed by atoms with Crippen LogP contribution < -0.4 is 10.5 Å². The summed E-state index contributed by atoms with van der Waals surface area (Å²) in [6, 6.07) is 21.1. The molecule has 0 radical (unpaired) electrons. The Labute approximate surface area is 194 Å². The molecule has 2 aromatic heterocycles. The van der Waals surface area contributed by atoms with Crippen molar-refractivity contribution in [3.63, 3.8) is 0 Å². The molecular formula is C26H22N4O2S. The highest BCUT2D eigenvalue weighted by molar-refractivity contribution is 7.22. The number of fused-ring (bicyclic) bond motifs is 2. The Morgan fingerprint density at radius 1 is 1.00 bits per heavy atom. The fourth-order valence-corrected chi connectivity index (χ4v) is 4.85. The number of nitrogens with zero attached hydrogens (tertiary/aromatic N) is 4. The van der Waals surface area contributed by atoms with E-state index < -0.39 is 0 Å². The first kappa shape index (κ1) is 21.0. The molecule has 7 heteroatoms. The second-order valence-corrected chi connectivity index (χ2v) is 9.02. The van der Waals surface area contributed by atoms with Crippen LogP contribution >= 0.6 is 11.3 Å². The first-order valence-corrected chi connectivity index (χ1v) is 11.5. The standard InChI is InChI=1S/C26H22N4O2S/c1-17-12-13-22-24(18(17)2)28-26(33-22)30(14-19-8-4-3-5-9-19)23(31)15-29-16-27-21-11-7-6-10-20(21)25(29)32/h3-13,16H,14-15H2,1-2H3. The van der Waals surface area contributed by atoms with Crippen molar-refractivity contribution in [1.29, 1.82) is 0 Å². The minimum absolute atomic E-state index is 0.114.